The van der Waals surface area contributed by atoms with Crippen molar-refractivity contribution >= 4 is 11.9 Å². The number of ether oxygens (including phenoxy) is 3. The molecule has 0 aliphatic rings. The highest BCUT2D eigenvalue weighted by Crippen LogP contribution is 2.13. The van der Waals surface area contributed by atoms with Crippen LogP contribution in [0, 0.1) is 0 Å². The van der Waals surface area contributed by atoms with E-state index in [2.05, 4.69) is 93.7 Å². The van der Waals surface area contributed by atoms with E-state index in [1.807, 2.05) is 12.2 Å². The molecule has 344 valence electrons. The molecule has 0 amide bonds. The van der Waals surface area contributed by atoms with E-state index in [1.165, 1.54) is 122 Å². The van der Waals surface area contributed by atoms with Crippen LogP contribution in [-0.4, -0.2) is 37.9 Å². The van der Waals surface area contributed by atoms with Crippen LogP contribution in [0.15, 0.2) is 85.1 Å². The van der Waals surface area contributed by atoms with Gasteiger partial charge < -0.3 is 14.2 Å². The first-order valence-electron chi connectivity index (χ1n) is 25.1. The van der Waals surface area contributed by atoms with Crippen molar-refractivity contribution in [3.63, 3.8) is 0 Å². The monoisotopic (exact) mass is 835 g/mol. The Morgan fingerprint density at radius 3 is 1.28 bits per heavy atom. The quantitative estimate of drug-likeness (QED) is 0.0347. The standard InChI is InChI=1S/C55H94O5/c1-4-7-10-13-16-19-22-25-28-30-33-36-39-42-45-48-54(56)59-52-53(51-58-50-47-44-41-38-35-32-27-24-21-18-15-12-9-6-3)60-55(57)49-46-43-40-37-34-31-29-26-23-20-17-14-11-8-5-2/h7,10,16,19,21,24-26,28-29,33,36,42,45,53H,4-6,8-9,11-15,17-18,20,22-23,27,30-32,34-35,37-41,43-44,46-52H2,1-3H3/b10-7-,19-16-,24-21-,28-25-,29-26-,36-33-,45-42-. The van der Waals surface area contributed by atoms with Crippen molar-refractivity contribution in [3.8, 4) is 0 Å². The molecule has 0 spiro atoms. The first-order chi connectivity index (χ1) is 29.6. The fourth-order valence-electron chi connectivity index (χ4n) is 6.69. The topological polar surface area (TPSA) is 61.8 Å². The number of allylic oxidation sites excluding steroid dienone is 13. The highest BCUT2D eigenvalue weighted by Gasteiger charge is 2.17. The minimum absolute atomic E-state index is 0.0227. The van der Waals surface area contributed by atoms with Gasteiger partial charge in [-0.15, -0.1) is 0 Å². The van der Waals surface area contributed by atoms with E-state index < -0.39 is 6.10 Å². The van der Waals surface area contributed by atoms with Crippen LogP contribution in [0.4, 0.5) is 0 Å². The molecule has 0 aromatic carbocycles. The van der Waals surface area contributed by atoms with Crippen molar-refractivity contribution < 1.29 is 23.8 Å². The minimum Gasteiger partial charge on any atom is -0.461 e. The lowest BCUT2D eigenvalue weighted by Crippen LogP contribution is -2.30. The van der Waals surface area contributed by atoms with Crippen LogP contribution in [0.1, 0.15) is 226 Å². The summed E-state index contributed by atoms with van der Waals surface area (Å²) in [5.41, 5.74) is 0. The van der Waals surface area contributed by atoms with Crippen LogP contribution in [0.3, 0.4) is 0 Å². The second-order valence-electron chi connectivity index (χ2n) is 16.3. The third kappa shape index (κ3) is 47.8. The van der Waals surface area contributed by atoms with Crippen LogP contribution >= 0.6 is 0 Å². The van der Waals surface area contributed by atoms with E-state index >= 15 is 0 Å². The fourth-order valence-corrected chi connectivity index (χ4v) is 6.69. The van der Waals surface area contributed by atoms with Crippen molar-refractivity contribution in [2.24, 2.45) is 0 Å². The van der Waals surface area contributed by atoms with Crippen LogP contribution in [0.5, 0.6) is 0 Å². The molecule has 1 atom stereocenters. The van der Waals surface area contributed by atoms with Crippen LogP contribution in [0.25, 0.3) is 0 Å². The van der Waals surface area contributed by atoms with Crippen molar-refractivity contribution in [2.45, 2.75) is 232 Å². The van der Waals surface area contributed by atoms with Gasteiger partial charge in [0.25, 0.3) is 0 Å². The van der Waals surface area contributed by atoms with Crippen molar-refractivity contribution in [3.05, 3.63) is 85.1 Å². The number of carbonyl (C=O) groups excluding carboxylic acids is 2. The zero-order valence-corrected chi connectivity index (χ0v) is 39.5. The molecule has 0 bridgehead atoms. The Kier molecular flexibility index (Phi) is 48.0. The molecule has 0 aromatic rings. The molecule has 0 radical (unpaired) electrons. The summed E-state index contributed by atoms with van der Waals surface area (Å²) in [6.45, 7) is 7.57. The SMILES string of the molecule is CC/C=C\C/C=C\C/C=C\C/C=C\C/C=C\CC(=O)OCC(COCCCCCCCC/C=C\CCCCCC)OC(=O)CCCCCCC/C=C\CCCCCCCC. The maximum Gasteiger partial charge on any atom is 0.309 e. The highest BCUT2D eigenvalue weighted by atomic mass is 16.6. The Bertz CT molecular complexity index is 1130. The zero-order valence-electron chi connectivity index (χ0n) is 39.5. The lowest BCUT2D eigenvalue weighted by atomic mass is 10.1. The van der Waals surface area contributed by atoms with Crippen LogP contribution in [0.2, 0.25) is 0 Å². The maximum absolute atomic E-state index is 12.8. The molecular weight excluding hydrogens is 741 g/mol. The number of esters is 2. The van der Waals surface area contributed by atoms with Gasteiger partial charge in [-0.2, -0.15) is 0 Å². The minimum atomic E-state index is -0.586. The largest absolute Gasteiger partial charge is 0.461 e. The van der Waals surface area contributed by atoms with Gasteiger partial charge in [-0.1, -0.05) is 202 Å². The van der Waals surface area contributed by atoms with Gasteiger partial charge in [0.15, 0.2) is 6.10 Å². The van der Waals surface area contributed by atoms with E-state index in [1.54, 1.807) is 0 Å². The van der Waals surface area contributed by atoms with Gasteiger partial charge >= 0.3 is 11.9 Å². The molecule has 0 aromatic heterocycles. The highest BCUT2D eigenvalue weighted by molar-refractivity contribution is 5.71. The normalized spacial score (nSPS) is 12.9. The first kappa shape index (κ1) is 57.1. The summed E-state index contributed by atoms with van der Waals surface area (Å²) in [6, 6.07) is 0. The molecule has 5 heteroatoms. The maximum atomic E-state index is 12.8. The molecule has 0 heterocycles. The van der Waals surface area contributed by atoms with Gasteiger partial charge in [0, 0.05) is 13.0 Å². The number of carbonyl (C=O) groups is 2. The van der Waals surface area contributed by atoms with E-state index in [9.17, 15) is 9.59 Å². The summed E-state index contributed by atoms with van der Waals surface area (Å²) >= 11 is 0. The Morgan fingerprint density at radius 1 is 0.400 bits per heavy atom. The second kappa shape index (κ2) is 50.4. The molecular formula is C55H94O5. The molecule has 0 N–H and O–H groups in total. The Labute approximate surface area is 371 Å². The lowest BCUT2D eigenvalue weighted by Gasteiger charge is -2.18. The molecule has 5 nitrogen and oxygen atoms in total. The molecule has 1 unspecified atom stereocenters. The first-order valence-corrected chi connectivity index (χ1v) is 25.1. The van der Waals surface area contributed by atoms with E-state index in [-0.39, 0.29) is 31.6 Å². The van der Waals surface area contributed by atoms with Crippen molar-refractivity contribution in [1.82, 2.24) is 0 Å². The number of hydrogen-bond donors (Lipinski definition) is 0. The smallest absolute Gasteiger partial charge is 0.309 e. The molecule has 0 saturated carbocycles. The number of rotatable bonds is 45. The molecule has 0 aliphatic carbocycles. The summed E-state index contributed by atoms with van der Waals surface area (Å²) < 4.78 is 17.3. The van der Waals surface area contributed by atoms with E-state index in [0.29, 0.717) is 13.0 Å². The third-order valence-corrected chi connectivity index (χ3v) is 10.4. The Hall–Kier alpha value is -2.92. The number of hydrogen-bond acceptors (Lipinski definition) is 5. The summed E-state index contributed by atoms with van der Waals surface area (Å²) in [4.78, 5) is 25.3. The average Bonchev–Trinajstić information content (AvgIpc) is 3.25. The van der Waals surface area contributed by atoms with Crippen molar-refractivity contribution in [2.75, 3.05) is 19.8 Å². The van der Waals surface area contributed by atoms with Gasteiger partial charge in [0.05, 0.1) is 13.0 Å². The molecule has 0 fully saturated rings. The lowest BCUT2D eigenvalue weighted by molar-refractivity contribution is -0.162. The average molecular weight is 835 g/mol. The van der Waals surface area contributed by atoms with E-state index in [4.69, 9.17) is 14.2 Å². The third-order valence-electron chi connectivity index (χ3n) is 10.4. The Balaban J connectivity index is 4.42. The Morgan fingerprint density at radius 2 is 0.800 bits per heavy atom. The van der Waals surface area contributed by atoms with Crippen molar-refractivity contribution in [1.29, 1.82) is 0 Å². The fraction of sp³-hybridized carbons (Fsp3) is 0.709. The van der Waals surface area contributed by atoms with Gasteiger partial charge in [-0.3, -0.25) is 9.59 Å². The van der Waals surface area contributed by atoms with Crippen LogP contribution < -0.4 is 0 Å². The number of unbranched alkanes of at least 4 members (excludes halogenated alkanes) is 21. The molecule has 0 aliphatic heterocycles. The van der Waals surface area contributed by atoms with Crippen LogP contribution in [-0.2, 0) is 23.8 Å². The second-order valence-corrected chi connectivity index (χ2v) is 16.3. The summed E-state index contributed by atoms with van der Waals surface area (Å²) in [5, 5.41) is 0. The van der Waals surface area contributed by atoms with Gasteiger partial charge in [0.2, 0.25) is 0 Å². The predicted octanol–water partition coefficient (Wildman–Crippen LogP) is 16.9. The summed E-state index contributed by atoms with van der Waals surface area (Å²) in [6.07, 6.45) is 66.1. The molecule has 0 rings (SSSR count). The van der Waals surface area contributed by atoms with Gasteiger partial charge in [-0.25, -0.2) is 0 Å². The predicted molar refractivity (Wildman–Crippen MR) is 260 cm³/mol. The summed E-state index contributed by atoms with van der Waals surface area (Å²) in [7, 11) is 0. The molecule has 0 saturated heterocycles. The summed E-state index contributed by atoms with van der Waals surface area (Å²) in [5.74, 6) is -0.557. The van der Waals surface area contributed by atoms with Gasteiger partial charge in [-0.05, 0) is 96.3 Å². The molecule has 60 heavy (non-hydrogen) atoms. The van der Waals surface area contributed by atoms with Gasteiger partial charge in [0.1, 0.15) is 6.61 Å². The van der Waals surface area contributed by atoms with E-state index in [0.717, 1.165) is 70.6 Å². The zero-order chi connectivity index (χ0) is 43.5.